The van der Waals surface area contributed by atoms with E-state index in [4.69, 9.17) is 16.3 Å². The Morgan fingerprint density at radius 2 is 1.70 bits per heavy atom. The Bertz CT molecular complexity index is 611. The van der Waals surface area contributed by atoms with E-state index in [-0.39, 0.29) is 12.1 Å². The first-order valence-electron chi connectivity index (χ1n) is 7.77. The second-order valence-corrected chi connectivity index (χ2v) is 6.17. The molecule has 0 aliphatic heterocycles. The molecule has 0 saturated heterocycles. The lowest BCUT2D eigenvalue weighted by Gasteiger charge is -2.19. The average molecular weight is 332 g/mol. The molecule has 0 heterocycles. The van der Waals surface area contributed by atoms with Crippen LogP contribution in [0.4, 0.5) is 0 Å². The fraction of sp³-hybridized carbons (Fsp3) is 0.316. The molecular formula is C19H22ClNO2. The second kappa shape index (κ2) is 8.70. The van der Waals surface area contributed by atoms with E-state index >= 15 is 0 Å². The van der Waals surface area contributed by atoms with Crippen LogP contribution in [0.2, 0.25) is 5.02 Å². The highest BCUT2D eigenvalue weighted by molar-refractivity contribution is 6.30. The maximum atomic E-state index is 12.3. The van der Waals surface area contributed by atoms with Crippen LogP contribution in [0.15, 0.2) is 54.6 Å². The molecule has 2 aromatic rings. The average Bonchev–Trinajstić information content (AvgIpc) is 2.53. The van der Waals surface area contributed by atoms with E-state index in [0.29, 0.717) is 18.0 Å². The van der Waals surface area contributed by atoms with Gasteiger partial charge >= 0.3 is 5.97 Å². The molecular weight excluding hydrogens is 310 g/mol. The molecule has 0 aromatic heterocycles. The van der Waals surface area contributed by atoms with E-state index in [1.54, 1.807) is 0 Å². The van der Waals surface area contributed by atoms with Gasteiger partial charge in [-0.15, -0.1) is 0 Å². The molecule has 2 rings (SSSR count). The summed E-state index contributed by atoms with van der Waals surface area (Å²) >= 11 is 5.91. The highest BCUT2D eigenvalue weighted by atomic mass is 35.5. The zero-order valence-corrected chi connectivity index (χ0v) is 14.2. The minimum Gasteiger partial charge on any atom is -0.462 e. The molecule has 0 amide bonds. The molecule has 0 saturated carbocycles. The van der Waals surface area contributed by atoms with E-state index in [9.17, 15) is 4.79 Å². The Balaban J connectivity index is 2.04. The van der Waals surface area contributed by atoms with E-state index in [2.05, 4.69) is 5.32 Å². The van der Waals surface area contributed by atoms with Gasteiger partial charge in [0.25, 0.3) is 0 Å². The van der Waals surface area contributed by atoms with Crippen molar-refractivity contribution in [2.45, 2.75) is 39.0 Å². The molecule has 0 aliphatic rings. The molecule has 23 heavy (non-hydrogen) atoms. The predicted molar refractivity (Wildman–Crippen MR) is 93.5 cm³/mol. The molecule has 0 unspecified atom stereocenters. The highest BCUT2D eigenvalue weighted by Crippen LogP contribution is 2.12. The largest absolute Gasteiger partial charge is 0.462 e. The number of hydrogen-bond donors (Lipinski definition) is 1. The van der Waals surface area contributed by atoms with Crippen LogP contribution in [0.3, 0.4) is 0 Å². The summed E-state index contributed by atoms with van der Waals surface area (Å²) in [6, 6.07) is 17.1. The fourth-order valence-corrected chi connectivity index (χ4v) is 2.37. The van der Waals surface area contributed by atoms with Gasteiger partial charge in [0.05, 0.1) is 6.10 Å². The molecule has 0 aliphatic carbocycles. The molecule has 0 radical (unpaired) electrons. The first kappa shape index (κ1) is 17.5. The van der Waals surface area contributed by atoms with Crippen LogP contribution in [0.5, 0.6) is 0 Å². The standard InChI is InChI=1S/C19H22ClNO2/c1-14(2)23-19(22)18(12-15-8-10-17(20)11-9-15)21-13-16-6-4-3-5-7-16/h3-11,14,18,21H,12-13H2,1-2H3/t18-/m0/s1. The van der Waals surface area contributed by atoms with Crippen molar-refractivity contribution in [2.75, 3.05) is 0 Å². The van der Waals surface area contributed by atoms with Crippen molar-refractivity contribution >= 4 is 17.6 Å². The van der Waals surface area contributed by atoms with Crippen LogP contribution in [-0.2, 0) is 22.5 Å². The van der Waals surface area contributed by atoms with Crippen molar-refractivity contribution in [1.82, 2.24) is 5.32 Å². The lowest BCUT2D eigenvalue weighted by Crippen LogP contribution is -2.40. The molecule has 0 spiro atoms. The summed E-state index contributed by atoms with van der Waals surface area (Å²) in [5.41, 5.74) is 2.17. The Labute approximate surface area is 142 Å². The van der Waals surface area contributed by atoms with Gasteiger partial charge in [0.15, 0.2) is 0 Å². The van der Waals surface area contributed by atoms with Gasteiger partial charge in [-0.25, -0.2) is 0 Å². The van der Waals surface area contributed by atoms with Crippen LogP contribution >= 0.6 is 11.6 Å². The van der Waals surface area contributed by atoms with Crippen molar-refractivity contribution in [2.24, 2.45) is 0 Å². The number of benzene rings is 2. The van der Waals surface area contributed by atoms with Gasteiger partial charge in [0, 0.05) is 11.6 Å². The van der Waals surface area contributed by atoms with Crippen molar-refractivity contribution in [3.63, 3.8) is 0 Å². The summed E-state index contributed by atoms with van der Waals surface area (Å²) in [5.74, 6) is -0.231. The number of carbonyl (C=O) groups is 1. The second-order valence-electron chi connectivity index (χ2n) is 5.74. The van der Waals surface area contributed by atoms with Crippen LogP contribution < -0.4 is 5.32 Å². The van der Waals surface area contributed by atoms with Gasteiger partial charge in [-0.1, -0.05) is 54.1 Å². The Kier molecular flexibility index (Phi) is 6.63. The van der Waals surface area contributed by atoms with Crippen LogP contribution in [-0.4, -0.2) is 18.1 Å². The van der Waals surface area contributed by atoms with Gasteiger partial charge in [-0.05, 0) is 43.5 Å². The number of halogens is 1. The van der Waals surface area contributed by atoms with Gasteiger partial charge in [-0.2, -0.15) is 0 Å². The van der Waals surface area contributed by atoms with Crippen molar-refractivity contribution in [3.8, 4) is 0 Å². The molecule has 0 fully saturated rings. The summed E-state index contributed by atoms with van der Waals surface area (Å²) in [4.78, 5) is 12.3. The number of hydrogen-bond acceptors (Lipinski definition) is 3. The SMILES string of the molecule is CC(C)OC(=O)[C@H](Cc1ccc(Cl)cc1)NCc1ccccc1. The third-order valence-corrected chi connectivity index (χ3v) is 3.64. The molecule has 1 N–H and O–H groups in total. The number of rotatable bonds is 7. The van der Waals surface area contributed by atoms with Crippen molar-refractivity contribution in [3.05, 3.63) is 70.7 Å². The van der Waals surface area contributed by atoms with Gasteiger partial charge in [-0.3, -0.25) is 4.79 Å². The van der Waals surface area contributed by atoms with E-state index in [1.807, 2.05) is 68.4 Å². The van der Waals surface area contributed by atoms with Crippen LogP contribution in [0.1, 0.15) is 25.0 Å². The fourth-order valence-electron chi connectivity index (χ4n) is 2.25. The molecule has 2 aromatic carbocycles. The third kappa shape index (κ3) is 6.05. The quantitative estimate of drug-likeness (QED) is 0.779. The molecule has 1 atom stereocenters. The monoisotopic (exact) mass is 331 g/mol. The Hall–Kier alpha value is -1.84. The smallest absolute Gasteiger partial charge is 0.323 e. The topological polar surface area (TPSA) is 38.3 Å². The lowest BCUT2D eigenvalue weighted by atomic mass is 10.1. The number of nitrogens with one attached hydrogen (secondary N) is 1. The summed E-state index contributed by atoms with van der Waals surface area (Å²) in [6.45, 7) is 4.33. The number of ether oxygens (including phenoxy) is 1. The van der Waals surface area contributed by atoms with Crippen LogP contribution in [0, 0.1) is 0 Å². The first-order valence-corrected chi connectivity index (χ1v) is 8.14. The van der Waals surface area contributed by atoms with Crippen molar-refractivity contribution < 1.29 is 9.53 Å². The Morgan fingerprint density at radius 1 is 1.04 bits per heavy atom. The predicted octanol–water partition coefficient (Wildman–Crippen LogP) is 3.99. The Morgan fingerprint density at radius 3 is 2.30 bits per heavy atom. The molecule has 3 nitrogen and oxygen atoms in total. The maximum Gasteiger partial charge on any atom is 0.323 e. The number of esters is 1. The molecule has 0 bridgehead atoms. The summed E-state index contributed by atoms with van der Waals surface area (Å²) < 4.78 is 5.37. The van der Waals surface area contributed by atoms with Gasteiger partial charge < -0.3 is 10.1 Å². The first-order chi connectivity index (χ1) is 11.0. The van der Waals surface area contributed by atoms with Gasteiger partial charge in [0.1, 0.15) is 6.04 Å². The zero-order chi connectivity index (χ0) is 16.7. The lowest BCUT2D eigenvalue weighted by molar-refractivity contribution is -0.150. The molecule has 122 valence electrons. The summed E-state index contributed by atoms with van der Waals surface area (Å²) in [5, 5.41) is 3.98. The molecule has 4 heteroatoms. The highest BCUT2D eigenvalue weighted by Gasteiger charge is 2.21. The zero-order valence-electron chi connectivity index (χ0n) is 13.5. The third-order valence-electron chi connectivity index (χ3n) is 3.38. The normalized spacial score (nSPS) is 12.2. The van der Waals surface area contributed by atoms with Crippen LogP contribution in [0.25, 0.3) is 0 Å². The van der Waals surface area contributed by atoms with Crippen molar-refractivity contribution in [1.29, 1.82) is 0 Å². The maximum absolute atomic E-state index is 12.3. The van der Waals surface area contributed by atoms with E-state index < -0.39 is 6.04 Å². The van der Waals surface area contributed by atoms with Gasteiger partial charge in [0.2, 0.25) is 0 Å². The number of carbonyl (C=O) groups excluding carboxylic acids is 1. The van der Waals surface area contributed by atoms with E-state index in [1.165, 1.54) is 0 Å². The summed E-state index contributed by atoms with van der Waals surface area (Å²) in [7, 11) is 0. The van der Waals surface area contributed by atoms with E-state index in [0.717, 1.165) is 11.1 Å². The summed E-state index contributed by atoms with van der Waals surface area (Å²) in [6.07, 6.45) is 0.434. The minimum absolute atomic E-state index is 0.131. The minimum atomic E-state index is -0.390.